The molecule has 0 aliphatic rings. The van der Waals surface area contributed by atoms with Crippen molar-refractivity contribution in [1.29, 1.82) is 0 Å². The molecule has 0 saturated heterocycles. The molecule has 0 bridgehead atoms. The SMILES string of the molecule is O=C(O)C=Cc1ccsc1COCc1ccco1. The Balaban J connectivity index is 1.89. The van der Waals surface area contributed by atoms with Crippen LogP contribution in [-0.4, -0.2) is 11.1 Å². The van der Waals surface area contributed by atoms with Crippen LogP contribution in [0.1, 0.15) is 16.2 Å². The number of hydrogen-bond acceptors (Lipinski definition) is 4. The van der Waals surface area contributed by atoms with E-state index in [1.807, 2.05) is 23.6 Å². The van der Waals surface area contributed by atoms with E-state index in [0.717, 1.165) is 22.3 Å². The molecule has 0 amide bonds. The lowest BCUT2D eigenvalue weighted by Gasteiger charge is -2.01. The average molecular weight is 264 g/mol. The number of aliphatic carboxylic acids is 1. The van der Waals surface area contributed by atoms with Crippen LogP contribution in [0.15, 0.2) is 40.3 Å². The molecule has 0 radical (unpaired) electrons. The first-order chi connectivity index (χ1) is 8.75. The van der Waals surface area contributed by atoms with Crippen LogP contribution in [0, 0.1) is 0 Å². The third kappa shape index (κ3) is 3.58. The van der Waals surface area contributed by atoms with Gasteiger partial charge in [-0.15, -0.1) is 11.3 Å². The maximum Gasteiger partial charge on any atom is 0.328 e. The molecule has 2 heterocycles. The first-order valence-corrected chi connectivity index (χ1v) is 6.21. The van der Waals surface area contributed by atoms with E-state index in [4.69, 9.17) is 14.3 Å². The lowest BCUT2D eigenvalue weighted by Crippen LogP contribution is -1.92. The van der Waals surface area contributed by atoms with Gasteiger partial charge in [-0.1, -0.05) is 0 Å². The van der Waals surface area contributed by atoms with Crippen LogP contribution in [0.5, 0.6) is 0 Å². The molecule has 2 aromatic heterocycles. The molecular formula is C13H12O4S. The average Bonchev–Trinajstić information content (AvgIpc) is 2.97. The van der Waals surface area contributed by atoms with Crippen molar-refractivity contribution in [2.24, 2.45) is 0 Å². The summed E-state index contributed by atoms with van der Waals surface area (Å²) in [4.78, 5) is 11.4. The van der Waals surface area contributed by atoms with Gasteiger partial charge in [0.1, 0.15) is 12.4 Å². The summed E-state index contributed by atoms with van der Waals surface area (Å²) < 4.78 is 10.7. The van der Waals surface area contributed by atoms with Gasteiger partial charge < -0.3 is 14.3 Å². The van der Waals surface area contributed by atoms with E-state index in [1.54, 1.807) is 12.3 Å². The highest BCUT2D eigenvalue weighted by Gasteiger charge is 2.03. The quantitative estimate of drug-likeness (QED) is 0.814. The van der Waals surface area contributed by atoms with Crippen molar-refractivity contribution in [3.8, 4) is 0 Å². The second kappa shape index (κ2) is 6.18. The van der Waals surface area contributed by atoms with Crippen molar-refractivity contribution in [1.82, 2.24) is 0 Å². The lowest BCUT2D eigenvalue weighted by atomic mass is 10.2. The van der Waals surface area contributed by atoms with Gasteiger partial charge in [0.05, 0.1) is 12.9 Å². The number of rotatable bonds is 6. The minimum absolute atomic E-state index is 0.410. The number of thiophene rings is 1. The molecule has 18 heavy (non-hydrogen) atoms. The largest absolute Gasteiger partial charge is 0.478 e. The van der Waals surface area contributed by atoms with E-state index in [-0.39, 0.29) is 0 Å². The first-order valence-electron chi connectivity index (χ1n) is 5.33. The van der Waals surface area contributed by atoms with Crippen LogP contribution < -0.4 is 0 Å². The van der Waals surface area contributed by atoms with E-state index in [2.05, 4.69) is 0 Å². The second-order valence-electron chi connectivity index (χ2n) is 3.54. The van der Waals surface area contributed by atoms with Gasteiger partial charge in [0.2, 0.25) is 0 Å². The van der Waals surface area contributed by atoms with E-state index < -0.39 is 5.97 Å². The number of hydrogen-bond donors (Lipinski definition) is 1. The van der Waals surface area contributed by atoms with Crippen molar-refractivity contribution >= 4 is 23.4 Å². The summed E-state index contributed by atoms with van der Waals surface area (Å²) in [5, 5.41) is 10.5. The normalized spacial score (nSPS) is 11.1. The van der Waals surface area contributed by atoms with Crippen LogP contribution >= 0.6 is 11.3 Å². The summed E-state index contributed by atoms with van der Waals surface area (Å²) in [6.45, 7) is 0.852. The molecule has 2 rings (SSSR count). The van der Waals surface area contributed by atoms with E-state index in [0.29, 0.717) is 13.2 Å². The Hall–Kier alpha value is -1.85. The number of carbonyl (C=O) groups is 1. The summed E-state index contributed by atoms with van der Waals surface area (Å²) in [7, 11) is 0. The first kappa shape index (κ1) is 12.6. The topological polar surface area (TPSA) is 59.7 Å². The lowest BCUT2D eigenvalue weighted by molar-refractivity contribution is -0.131. The summed E-state index contributed by atoms with van der Waals surface area (Å²) in [6.07, 6.45) is 4.30. The van der Waals surface area contributed by atoms with Gasteiger partial charge in [-0.05, 0) is 35.2 Å². The Morgan fingerprint density at radius 2 is 2.33 bits per heavy atom. The predicted molar refractivity (Wildman–Crippen MR) is 68.2 cm³/mol. The maximum atomic E-state index is 10.4. The van der Waals surface area contributed by atoms with Crippen molar-refractivity contribution in [3.63, 3.8) is 0 Å². The van der Waals surface area contributed by atoms with Crippen molar-refractivity contribution in [2.75, 3.05) is 0 Å². The zero-order valence-corrected chi connectivity index (χ0v) is 10.4. The highest BCUT2D eigenvalue weighted by Crippen LogP contribution is 2.20. The Kier molecular flexibility index (Phi) is 4.33. The highest BCUT2D eigenvalue weighted by atomic mass is 32.1. The number of ether oxygens (including phenoxy) is 1. The minimum atomic E-state index is -0.955. The standard InChI is InChI=1S/C13H12O4S/c14-13(15)4-3-10-5-7-18-12(10)9-16-8-11-2-1-6-17-11/h1-7H,8-9H2,(H,14,15). The number of carboxylic acid groups (broad SMARTS) is 1. The molecule has 0 fully saturated rings. The smallest absolute Gasteiger partial charge is 0.328 e. The molecule has 2 aromatic rings. The van der Waals surface area contributed by atoms with Crippen LogP contribution in [0.25, 0.3) is 6.08 Å². The molecule has 5 heteroatoms. The maximum absolute atomic E-state index is 10.4. The van der Waals surface area contributed by atoms with Crippen molar-refractivity contribution < 1.29 is 19.1 Å². The van der Waals surface area contributed by atoms with Crippen LogP contribution in [0.2, 0.25) is 0 Å². The molecule has 94 valence electrons. The third-order valence-electron chi connectivity index (χ3n) is 2.24. The third-order valence-corrected chi connectivity index (χ3v) is 3.15. The monoisotopic (exact) mass is 264 g/mol. The fourth-order valence-electron chi connectivity index (χ4n) is 1.42. The van der Waals surface area contributed by atoms with E-state index in [1.165, 1.54) is 11.3 Å². The zero-order chi connectivity index (χ0) is 12.8. The van der Waals surface area contributed by atoms with Gasteiger partial charge >= 0.3 is 5.97 Å². The van der Waals surface area contributed by atoms with Gasteiger partial charge in [-0.25, -0.2) is 4.79 Å². The summed E-state index contributed by atoms with van der Waals surface area (Å²) in [5.41, 5.74) is 0.877. The Labute approximate surface area is 108 Å². The minimum Gasteiger partial charge on any atom is -0.478 e. The van der Waals surface area contributed by atoms with Crippen LogP contribution in [-0.2, 0) is 22.7 Å². The molecule has 0 aromatic carbocycles. The fraction of sp³-hybridized carbons (Fsp3) is 0.154. The Morgan fingerprint density at radius 1 is 1.44 bits per heavy atom. The van der Waals surface area contributed by atoms with Crippen molar-refractivity contribution in [3.05, 3.63) is 52.1 Å². The Bertz CT molecular complexity index is 525. The van der Waals surface area contributed by atoms with Crippen molar-refractivity contribution in [2.45, 2.75) is 13.2 Å². The van der Waals surface area contributed by atoms with Crippen LogP contribution in [0.4, 0.5) is 0 Å². The van der Waals surface area contributed by atoms with Gasteiger partial charge in [0, 0.05) is 11.0 Å². The molecule has 0 aliphatic carbocycles. The second-order valence-corrected chi connectivity index (χ2v) is 4.54. The summed E-state index contributed by atoms with van der Waals surface area (Å²) >= 11 is 1.54. The van der Waals surface area contributed by atoms with E-state index >= 15 is 0 Å². The fourth-order valence-corrected chi connectivity index (χ4v) is 2.22. The number of furan rings is 1. The van der Waals surface area contributed by atoms with Crippen LogP contribution in [0.3, 0.4) is 0 Å². The molecule has 0 unspecified atom stereocenters. The summed E-state index contributed by atoms with van der Waals surface area (Å²) in [6, 6.07) is 5.53. The predicted octanol–water partition coefficient (Wildman–Crippen LogP) is 3.16. The van der Waals surface area contributed by atoms with Gasteiger partial charge in [0.25, 0.3) is 0 Å². The molecule has 1 N–H and O–H groups in total. The van der Waals surface area contributed by atoms with Gasteiger partial charge in [-0.2, -0.15) is 0 Å². The Morgan fingerprint density at radius 3 is 3.06 bits per heavy atom. The molecule has 4 nitrogen and oxygen atoms in total. The molecule has 0 atom stereocenters. The molecular weight excluding hydrogens is 252 g/mol. The van der Waals surface area contributed by atoms with Gasteiger partial charge in [-0.3, -0.25) is 0 Å². The van der Waals surface area contributed by atoms with E-state index in [9.17, 15) is 4.79 Å². The number of carboxylic acids is 1. The zero-order valence-electron chi connectivity index (χ0n) is 9.54. The van der Waals surface area contributed by atoms with Gasteiger partial charge in [0.15, 0.2) is 0 Å². The molecule has 0 aliphatic heterocycles. The molecule has 0 spiro atoms. The summed E-state index contributed by atoms with van der Waals surface area (Å²) in [5.74, 6) is -0.183. The highest BCUT2D eigenvalue weighted by molar-refractivity contribution is 7.10. The molecule has 0 saturated carbocycles.